The van der Waals surface area contributed by atoms with Gasteiger partial charge in [0.2, 0.25) is 0 Å². The molecule has 0 aliphatic carbocycles. The molecule has 0 N–H and O–H groups in total. The number of hydrogen-bond acceptors (Lipinski definition) is 5. The highest BCUT2D eigenvalue weighted by Gasteiger charge is 2.49. The first kappa shape index (κ1) is 16.4. The lowest BCUT2D eigenvalue weighted by atomic mass is 10.2. The Kier molecular flexibility index (Phi) is 4.43. The molecule has 0 bridgehead atoms. The number of amides is 1. The van der Waals surface area contributed by atoms with Crippen LogP contribution in [-0.2, 0) is 19.4 Å². The average Bonchev–Trinajstić information content (AvgIpc) is 2.91. The first-order valence-corrected chi connectivity index (χ1v) is 9.62. The number of hydrogen-bond donors (Lipinski definition) is 0. The van der Waals surface area contributed by atoms with E-state index in [1.807, 2.05) is 0 Å². The van der Waals surface area contributed by atoms with Gasteiger partial charge in [-0.1, -0.05) is 23.9 Å². The number of fused-ring (bicyclic) bond motifs is 1. The Morgan fingerprint density at radius 3 is 2.87 bits per heavy atom. The van der Waals surface area contributed by atoms with Crippen molar-refractivity contribution in [1.82, 2.24) is 0 Å². The molecule has 1 aromatic rings. The van der Waals surface area contributed by atoms with Crippen LogP contribution < -0.4 is 4.90 Å². The summed E-state index contributed by atoms with van der Waals surface area (Å²) in [5, 5.41) is 0.0655. The van der Waals surface area contributed by atoms with Crippen LogP contribution in [0.3, 0.4) is 0 Å². The number of halogens is 1. The summed E-state index contributed by atoms with van der Waals surface area (Å²) in [7, 11) is -1.79. The molecule has 0 saturated carbocycles. The van der Waals surface area contributed by atoms with Gasteiger partial charge >= 0.3 is 0 Å². The summed E-state index contributed by atoms with van der Waals surface area (Å²) >= 11 is 1.20. The highest BCUT2D eigenvalue weighted by molar-refractivity contribution is 8.16. The lowest BCUT2D eigenvalue weighted by Gasteiger charge is -2.24. The van der Waals surface area contributed by atoms with E-state index in [2.05, 4.69) is 4.99 Å². The Balaban J connectivity index is 2.01. The highest BCUT2D eigenvalue weighted by atomic mass is 32.2. The molecule has 2 aliphatic rings. The molecule has 3 rings (SSSR count). The molecule has 6 nitrogen and oxygen atoms in total. The van der Waals surface area contributed by atoms with Gasteiger partial charge in [0.1, 0.15) is 12.4 Å². The van der Waals surface area contributed by atoms with Crippen LogP contribution in [0.5, 0.6) is 0 Å². The van der Waals surface area contributed by atoms with Gasteiger partial charge in [0, 0.05) is 12.4 Å². The minimum atomic E-state index is -3.17. The van der Waals surface area contributed by atoms with E-state index in [1.165, 1.54) is 29.8 Å². The van der Waals surface area contributed by atoms with Crippen LogP contribution >= 0.6 is 11.8 Å². The quantitative estimate of drug-likeness (QED) is 0.805. The fourth-order valence-electron chi connectivity index (χ4n) is 2.76. The van der Waals surface area contributed by atoms with Gasteiger partial charge < -0.3 is 9.64 Å². The molecule has 0 spiro atoms. The second kappa shape index (κ2) is 6.21. The number of benzene rings is 1. The van der Waals surface area contributed by atoms with Crippen LogP contribution in [0.25, 0.3) is 0 Å². The van der Waals surface area contributed by atoms with E-state index < -0.39 is 27.6 Å². The first-order valence-electron chi connectivity index (χ1n) is 6.92. The van der Waals surface area contributed by atoms with Crippen molar-refractivity contribution in [2.75, 3.05) is 30.1 Å². The van der Waals surface area contributed by atoms with Crippen molar-refractivity contribution in [3.63, 3.8) is 0 Å². The summed E-state index contributed by atoms with van der Waals surface area (Å²) in [6.45, 7) is -0.178. The Hall–Kier alpha value is -1.45. The molecule has 124 valence electrons. The van der Waals surface area contributed by atoms with Crippen molar-refractivity contribution in [1.29, 1.82) is 0 Å². The minimum absolute atomic E-state index is 0.00474. The molecular formula is C14H15FN2O4S2. The third-order valence-electron chi connectivity index (χ3n) is 3.67. The SMILES string of the molecule is COCC(=O)N=C1S[C@H]2CS(=O)(=O)C[C@H]2N1c1ccccc1F. The van der Waals surface area contributed by atoms with Gasteiger partial charge in [0.15, 0.2) is 15.0 Å². The number of carbonyl (C=O) groups is 1. The molecule has 2 aliphatic heterocycles. The Labute approximate surface area is 137 Å². The molecule has 1 aromatic carbocycles. The van der Waals surface area contributed by atoms with Crippen LogP contribution in [0.1, 0.15) is 0 Å². The average molecular weight is 358 g/mol. The van der Waals surface area contributed by atoms with E-state index in [0.29, 0.717) is 5.17 Å². The molecule has 2 saturated heterocycles. The number of thioether (sulfide) groups is 1. The smallest absolute Gasteiger partial charge is 0.274 e. The van der Waals surface area contributed by atoms with Crippen molar-refractivity contribution >= 4 is 38.4 Å². The topological polar surface area (TPSA) is 76.0 Å². The van der Waals surface area contributed by atoms with E-state index in [0.717, 1.165) is 0 Å². The molecule has 2 heterocycles. The van der Waals surface area contributed by atoms with E-state index in [1.54, 1.807) is 18.2 Å². The second-order valence-corrected chi connectivity index (χ2v) is 8.70. The number of methoxy groups -OCH3 is 1. The number of nitrogens with zero attached hydrogens (tertiary/aromatic N) is 2. The zero-order valence-corrected chi connectivity index (χ0v) is 13.9. The molecule has 23 heavy (non-hydrogen) atoms. The van der Waals surface area contributed by atoms with Gasteiger partial charge in [-0.3, -0.25) is 4.79 Å². The fraction of sp³-hybridized carbons (Fsp3) is 0.429. The number of aliphatic imine (C=N–C) groups is 1. The summed E-state index contributed by atoms with van der Waals surface area (Å²) in [4.78, 5) is 17.2. The monoisotopic (exact) mass is 358 g/mol. The van der Waals surface area contributed by atoms with E-state index in [-0.39, 0.29) is 29.0 Å². The zero-order valence-electron chi connectivity index (χ0n) is 12.3. The third-order valence-corrected chi connectivity index (χ3v) is 6.88. The summed E-state index contributed by atoms with van der Waals surface area (Å²) in [5.74, 6) is -1.04. The summed E-state index contributed by atoms with van der Waals surface area (Å²) < 4.78 is 42.7. The Morgan fingerprint density at radius 2 is 2.17 bits per heavy atom. The van der Waals surface area contributed by atoms with Crippen molar-refractivity contribution in [3.8, 4) is 0 Å². The van der Waals surface area contributed by atoms with Crippen molar-refractivity contribution in [2.45, 2.75) is 11.3 Å². The molecular weight excluding hydrogens is 343 g/mol. The normalized spacial score (nSPS) is 27.4. The third kappa shape index (κ3) is 3.26. The molecule has 0 radical (unpaired) electrons. The van der Waals surface area contributed by atoms with Crippen LogP contribution in [0.2, 0.25) is 0 Å². The van der Waals surface area contributed by atoms with Crippen molar-refractivity contribution in [2.24, 2.45) is 4.99 Å². The van der Waals surface area contributed by atoms with Gasteiger partial charge in [-0.2, -0.15) is 4.99 Å². The lowest BCUT2D eigenvalue weighted by molar-refractivity contribution is -0.121. The number of anilines is 1. The molecule has 9 heteroatoms. The standard InChI is InChI=1S/C14H15FN2O4S2/c1-21-6-13(18)16-14-17(10-5-3-2-4-9(10)15)11-7-23(19,20)8-12(11)22-14/h2-5,11-12H,6-8H2,1H3/t11-,12+/m1/s1. The highest BCUT2D eigenvalue weighted by Crippen LogP contribution is 2.41. The summed E-state index contributed by atoms with van der Waals surface area (Å²) in [6, 6.07) is 5.65. The van der Waals surface area contributed by atoms with Crippen LogP contribution in [-0.4, -0.2) is 56.0 Å². The predicted molar refractivity (Wildman–Crippen MR) is 87.0 cm³/mol. The number of ether oxygens (including phenoxy) is 1. The van der Waals surface area contributed by atoms with Gasteiger partial charge in [0.05, 0.1) is 23.2 Å². The zero-order chi connectivity index (χ0) is 16.6. The first-order chi connectivity index (χ1) is 10.9. The van der Waals surface area contributed by atoms with E-state index in [4.69, 9.17) is 4.74 Å². The second-order valence-electron chi connectivity index (χ2n) is 5.34. The fourth-order valence-corrected chi connectivity index (χ4v) is 6.68. The largest absolute Gasteiger partial charge is 0.375 e. The van der Waals surface area contributed by atoms with Crippen molar-refractivity contribution in [3.05, 3.63) is 30.1 Å². The maximum atomic E-state index is 14.2. The molecule has 1 amide bonds. The van der Waals surface area contributed by atoms with Gasteiger partial charge in [-0.05, 0) is 12.1 Å². The number of para-hydroxylation sites is 1. The van der Waals surface area contributed by atoms with Crippen molar-refractivity contribution < 1.29 is 22.3 Å². The predicted octanol–water partition coefficient (Wildman–Crippen LogP) is 1.07. The van der Waals surface area contributed by atoms with E-state index >= 15 is 0 Å². The molecule has 0 aromatic heterocycles. The molecule has 0 unspecified atom stereocenters. The number of carbonyl (C=O) groups excluding carboxylic acids is 1. The summed E-state index contributed by atoms with van der Waals surface area (Å²) in [5.41, 5.74) is 0.230. The lowest BCUT2D eigenvalue weighted by Crippen LogP contribution is -2.38. The number of amidine groups is 1. The van der Waals surface area contributed by atoms with Gasteiger partial charge in [-0.15, -0.1) is 0 Å². The van der Waals surface area contributed by atoms with E-state index in [9.17, 15) is 17.6 Å². The van der Waals surface area contributed by atoms with Gasteiger partial charge in [0.25, 0.3) is 5.91 Å². The number of sulfone groups is 1. The maximum absolute atomic E-state index is 14.2. The molecule has 2 atom stereocenters. The number of rotatable bonds is 3. The summed E-state index contributed by atoms with van der Waals surface area (Å²) in [6.07, 6.45) is 0. The minimum Gasteiger partial charge on any atom is -0.375 e. The Morgan fingerprint density at radius 1 is 1.43 bits per heavy atom. The van der Waals surface area contributed by atoms with Crippen LogP contribution in [0, 0.1) is 5.82 Å². The Bertz CT molecular complexity index is 766. The van der Waals surface area contributed by atoms with Crippen LogP contribution in [0.4, 0.5) is 10.1 Å². The van der Waals surface area contributed by atoms with Gasteiger partial charge in [-0.25, -0.2) is 12.8 Å². The maximum Gasteiger partial charge on any atom is 0.274 e. The molecule has 2 fully saturated rings. The van der Waals surface area contributed by atoms with Crippen LogP contribution in [0.15, 0.2) is 29.3 Å².